The molecule has 1 fully saturated rings. The van der Waals surface area contributed by atoms with Crippen LogP contribution in [0, 0.1) is 11.3 Å². The largest absolute Gasteiger partial charge is 0.497 e. The van der Waals surface area contributed by atoms with Gasteiger partial charge in [-0.2, -0.15) is 0 Å². The molecule has 0 spiro atoms. The third kappa shape index (κ3) is 2.23. The summed E-state index contributed by atoms with van der Waals surface area (Å²) in [6.07, 6.45) is 0.863. The molecule has 0 aliphatic carbocycles. The fourth-order valence-corrected chi connectivity index (χ4v) is 2.57. The van der Waals surface area contributed by atoms with Gasteiger partial charge in [0, 0.05) is 5.69 Å². The van der Waals surface area contributed by atoms with E-state index in [1.54, 1.807) is 36.3 Å². The van der Waals surface area contributed by atoms with Crippen LogP contribution in [0.5, 0.6) is 5.75 Å². The molecule has 0 aromatic heterocycles. The van der Waals surface area contributed by atoms with Crippen molar-refractivity contribution >= 4 is 17.9 Å². The fourth-order valence-electron chi connectivity index (χ4n) is 2.57. The highest BCUT2D eigenvalue weighted by molar-refractivity contribution is 6.08. The molecule has 0 saturated carbocycles. The molecule has 1 saturated heterocycles. The van der Waals surface area contributed by atoms with E-state index in [0.29, 0.717) is 0 Å². The first kappa shape index (κ1) is 13.6. The van der Waals surface area contributed by atoms with E-state index in [4.69, 9.17) is 4.74 Å². The average molecular weight is 261 g/mol. The zero-order chi connectivity index (χ0) is 14.2. The molecule has 19 heavy (non-hydrogen) atoms. The summed E-state index contributed by atoms with van der Waals surface area (Å²) >= 11 is 0. The highest BCUT2D eigenvalue weighted by atomic mass is 16.5. The standard InChI is InChI=1S/C15H19NO3/c1-15(2,3)13-12(9-17)16(14(13)18)10-5-7-11(19-4)8-6-10/h5-9,12-13H,1-4H3/t12-,13-/m1/s1. The third-order valence-electron chi connectivity index (χ3n) is 3.57. The number of benzene rings is 1. The lowest BCUT2D eigenvalue weighted by atomic mass is 9.70. The van der Waals surface area contributed by atoms with Crippen molar-refractivity contribution in [3.05, 3.63) is 24.3 Å². The van der Waals surface area contributed by atoms with Gasteiger partial charge < -0.3 is 14.4 Å². The topological polar surface area (TPSA) is 46.6 Å². The Hall–Kier alpha value is -1.84. The smallest absolute Gasteiger partial charge is 0.233 e. The third-order valence-corrected chi connectivity index (χ3v) is 3.57. The quantitative estimate of drug-likeness (QED) is 0.619. The van der Waals surface area contributed by atoms with Crippen molar-refractivity contribution in [1.29, 1.82) is 0 Å². The Bertz CT molecular complexity index is 487. The van der Waals surface area contributed by atoms with Crippen LogP contribution in [0.3, 0.4) is 0 Å². The molecule has 1 aromatic rings. The van der Waals surface area contributed by atoms with E-state index < -0.39 is 0 Å². The Kier molecular flexibility index (Phi) is 3.35. The molecule has 0 radical (unpaired) electrons. The van der Waals surface area contributed by atoms with Crippen LogP contribution in [0.2, 0.25) is 0 Å². The zero-order valence-electron chi connectivity index (χ0n) is 11.7. The molecule has 1 heterocycles. The molecule has 4 heteroatoms. The minimum absolute atomic E-state index is 0.00904. The lowest BCUT2D eigenvalue weighted by Gasteiger charge is -2.49. The van der Waals surface area contributed by atoms with Gasteiger partial charge in [-0.1, -0.05) is 20.8 Å². The summed E-state index contributed by atoms with van der Waals surface area (Å²) in [5.41, 5.74) is 0.537. The molecular weight excluding hydrogens is 242 g/mol. The Balaban J connectivity index is 2.26. The maximum Gasteiger partial charge on any atom is 0.233 e. The van der Waals surface area contributed by atoms with Gasteiger partial charge in [-0.05, 0) is 29.7 Å². The van der Waals surface area contributed by atoms with E-state index in [1.165, 1.54) is 0 Å². The number of carbonyl (C=O) groups excluding carboxylic acids is 2. The Morgan fingerprint density at radius 3 is 2.21 bits per heavy atom. The van der Waals surface area contributed by atoms with Gasteiger partial charge in [-0.25, -0.2) is 0 Å². The highest BCUT2D eigenvalue weighted by Crippen LogP contribution is 2.42. The van der Waals surface area contributed by atoms with Gasteiger partial charge in [0.25, 0.3) is 0 Å². The van der Waals surface area contributed by atoms with Crippen molar-refractivity contribution in [3.63, 3.8) is 0 Å². The van der Waals surface area contributed by atoms with E-state index >= 15 is 0 Å². The first-order valence-electron chi connectivity index (χ1n) is 6.32. The second-order valence-electron chi connectivity index (χ2n) is 5.88. The lowest BCUT2D eigenvalue weighted by molar-refractivity contribution is -0.138. The number of nitrogens with zero attached hydrogens (tertiary/aromatic N) is 1. The lowest BCUT2D eigenvalue weighted by Crippen LogP contribution is -2.66. The SMILES string of the molecule is COc1ccc(N2C(=O)[C@H](C(C)(C)C)[C@H]2C=O)cc1. The number of hydrogen-bond donors (Lipinski definition) is 0. The number of hydrogen-bond acceptors (Lipinski definition) is 3. The Morgan fingerprint density at radius 2 is 1.79 bits per heavy atom. The maximum absolute atomic E-state index is 12.3. The van der Waals surface area contributed by atoms with Gasteiger partial charge in [-0.3, -0.25) is 4.79 Å². The molecule has 4 nitrogen and oxygen atoms in total. The molecule has 102 valence electrons. The summed E-state index contributed by atoms with van der Waals surface area (Å²) in [7, 11) is 1.59. The summed E-state index contributed by atoms with van der Waals surface area (Å²) in [5, 5.41) is 0. The van der Waals surface area contributed by atoms with Crippen LogP contribution in [0.25, 0.3) is 0 Å². The molecular formula is C15H19NO3. The second-order valence-corrected chi connectivity index (χ2v) is 5.88. The van der Waals surface area contributed by atoms with Crippen LogP contribution < -0.4 is 9.64 Å². The number of methoxy groups -OCH3 is 1. The van der Waals surface area contributed by atoms with Crippen molar-refractivity contribution in [2.45, 2.75) is 26.8 Å². The van der Waals surface area contributed by atoms with E-state index in [9.17, 15) is 9.59 Å². The first-order valence-corrected chi connectivity index (χ1v) is 6.32. The van der Waals surface area contributed by atoms with Gasteiger partial charge in [0.2, 0.25) is 5.91 Å². The Labute approximate surface area is 113 Å². The average Bonchev–Trinajstić information content (AvgIpc) is 2.34. The van der Waals surface area contributed by atoms with Crippen molar-refractivity contribution in [3.8, 4) is 5.75 Å². The number of aldehydes is 1. The van der Waals surface area contributed by atoms with Gasteiger partial charge in [0.1, 0.15) is 18.1 Å². The zero-order valence-corrected chi connectivity index (χ0v) is 11.7. The van der Waals surface area contributed by atoms with Crippen molar-refractivity contribution in [1.82, 2.24) is 0 Å². The summed E-state index contributed by atoms with van der Waals surface area (Å²) in [6.45, 7) is 5.95. The summed E-state index contributed by atoms with van der Waals surface area (Å²) < 4.78 is 5.08. The van der Waals surface area contributed by atoms with E-state index in [-0.39, 0.29) is 23.3 Å². The highest BCUT2D eigenvalue weighted by Gasteiger charge is 2.53. The van der Waals surface area contributed by atoms with Crippen LogP contribution >= 0.6 is 0 Å². The Morgan fingerprint density at radius 1 is 1.21 bits per heavy atom. The van der Waals surface area contributed by atoms with Gasteiger partial charge in [0.15, 0.2) is 0 Å². The maximum atomic E-state index is 12.3. The fraction of sp³-hybridized carbons (Fsp3) is 0.467. The molecule has 2 atom stereocenters. The van der Waals surface area contributed by atoms with Crippen LogP contribution in [0.15, 0.2) is 24.3 Å². The number of ether oxygens (including phenoxy) is 1. The van der Waals surface area contributed by atoms with Crippen LogP contribution in [-0.4, -0.2) is 25.3 Å². The second kappa shape index (κ2) is 4.68. The van der Waals surface area contributed by atoms with E-state index in [0.717, 1.165) is 17.7 Å². The predicted molar refractivity (Wildman–Crippen MR) is 73.3 cm³/mol. The van der Waals surface area contributed by atoms with Crippen LogP contribution in [0.4, 0.5) is 5.69 Å². The molecule has 0 bridgehead atoms. The van der Waals surface area contributed by atoms with Crippen molar-refractivity contribution in [2.24, 2.45) is 11.3 Å². The normalized spacial score (nSPS) is 22.9. The van der Waals surface area contributed by atoms with E-state index in [2.05, 4.69) is 0 Å². The molecule has 1 aromatic carbocycles. The minimum atomic E-state index is -0.374. The van der Waals surface area contributed by atoms with E-state index in [1.807, 2.05) is 20.8 Å². The molecule has 1 amide bonds. The molecule has 0 unspecified atom stereocenters. The molecule has 1 aliphatic rings. The van der Waals surface area contributed by atoms with Crippen molar-refractivity contribution in [2.75, 3.05) is 12.0 Å². The number of rotatable bonds is 3. The number of carbonyl (C=O) groups is 2. The van der Waals surface area contributed by atoms with Crippen LogP contribution in [0.1, 0.15) is 20.8 Å². The van der Waals surface area contributed by atoms with Gasteiger partial charge in [0.05, 0.1) is 13.0 Å². The number of amides is 1. The molecule has 2 rings (SSSR count). The predicted octanol–water partition coefficient (Wildman–Crippen LogP) is 2.27. The monoisotopic (exact) mass is 261 g/mol. The van der Waals surface area contributed by atoms with Gasteiger partial charge >= 0.3 is 0 Å². The first-order chi connectivity index (χ1) is 8.90. The summed E-state index contributed by atoms with van der Waals surface area (Å²) in [6, 6.07) is 6.79. The number of β-lactam (4-membered cyclic amide) rings is 1. The minimum Gasteiger partial charge on any atom is -0.497 e. The van der Waals surface area contributed by atoms with Crippen molar-refractivity contribution < 1.29 is 14.3 Å². The molecule has 1 aliphatic heterocycles. The summed E-state index contributed by atoms with van der Waals surface area (Å²) in [4.78, 5) is 25.1. The number of anilines is 1. The molecule has 0 N–H and O–H groups in total. The van der Waals surface area contributed by atoms with Gasteiger partial charge in [-0.15, -0.1) is 0 Å². The van der Waals surface area contributed by atoms with Crippen LogP contribution in [-0.2, 0) is 9.59 Å². The summed E-state index contributed by atoms with van der Waals surface area (Å²) in [5.74, 6) is 0.494.